The molecule has 0 saturated carbocycles. The molecule has 0 aliphatic carbocycles. The third-order valence-electron chi connectivity index (χ3n) is 3.52. The van der Waals surface area contributed by atoms with Gasteiger partial charge in [-0.25, -0.2) is 9.37 Å². The highest BCUT2D eigenvalue weighted by atomic mass is 35.5. The summed E-state index contributed by atoms with van der Waals surface area (Å²) in [7, 11) is 0. The first-order valence-corrected chi connectivity index (χ1v) is 8.74. The molecule has 0 radical (unpaired) electrons. The summed E-state index contributed by atoms with van der Waals surface area (Å²) < 4.78 is 14.0. The van der Waals surface area contributed by atoms with Crippen LogP contribution in [0.1, 0.15) is 21.3 Å². The van der Waals surface area contributed by atoms with Gasteiger partial charge in [0.1, 0.15) is 10.8 Å². The van der Waals surface area contributed by atoms with E-state index in [1.807, 2.05) is 6.07 Å². The highest BCUT2D eigenvalue weighted by Crippen LogP contribution is 2.34. The number of thiazole rings is 1. The summed E-state index contributed by atoms with van der Waals surface area (Å²) in [6.45, 7) is 0. The van der Waals surface area contributed by atoms with Crippen molar-refractivity contribution < 1.29 is 9.18 Å². The minimum atomic E-state index is -1.12. The summed E-state index contributed by atoms with van der Waals surface area (Å²) in [6.07, 6.45) is 0. The van der Waals surface area contributed by atoms with Crippen molar-refractivity contribution in [3.05, 3.63) is 74.3 Å². The molecule has 124 valence electrons. The van der Waals surface area contributed by atoms with Crippen LogP contribution in [0.5, 0.6) is 0 Å². The van der Waals surface area contributed by atoms with Gasteiger partial charge in [0, 0.05) is 10.9 Å². The lowest BCUT2D eigenvalue weighted by Gasteiger charge is -2.07. The molecule has 1 heterocycles. The van der Waals surface area contributed by atoms with Gasteiger partial charge < -0.3 is 0 Å². The SMILES string of the molecule is N#CC(C(=O)c1ccccc1Cl)c1nc(-c2c(F)cccc2Cl)cs1. The van der Waals surface area contributed by atoms with Crippen LogP contribution in [0.2, 0.25) is 10.0 Å². The lowest BCUT2D eigenvalue weighted by molar-refractivity contribution is 0.0979. The second-order valence-electron chi connectivity index (χ2n) is 5.07. The number of halogens is 3. The molecule has 25 heavy (non-hydrogen) atoms. The van der Waals surface area contributed by atoms with E-state index >= 15 is 0 Å². The number of rotatable bonds is 4. The van der Waals surface area contributed by atoms with Gasteiger partial charge in [0.05, 0.1) is 27.4 Å². The maximum Gasteiger partial charge on any atom is 0.188 e. The predicted octanol–water partition coefficient (Wildman–Crippen LogP) is 5.75. The Bertz CT molecular complexity index is 976. The Labute approximate surface area is 157 Å². The van der Waals surface area contributed by atoms with E-state index in [4.69, 9.17) is 23.2 Å². The standard InChI is InChI=1S/C18H9Cl2FN2OS/c19-12-5-2-1-4-10(12)17(24)11(8-22)18-23-15(9-25-18)16-13(20)6-3-7-14(16)21/h1-7,9,11H. The molecule has 3 rings (SSSR count). The number of hydrogen-bond acceptors (Lipinski definition) is 4. The molecule has 0 aliphatic rings. The Morgan fingerprint density at radius 2 is 1.88 bits per heavy atom. The zero-order chi connectivity index (χ0) is 18.0. The molecule has 0 N–H and O–H groups in total. The normalized spacial score (nSPS) is 11.8. The Balaban J connectivity index is 1.99. The molecule has 0 bridgehead atoms. The lowest BCUT2D eigenvalue weighted by atomic mass is 9.99. The maximum atomic E-state index is 14.0. The van der Waals surface area contributed by atoms with Crippen molar-refractivity contribution in [2.24, 2.45) is 0 Å². The van der Waals surface area contributed by atoms with Gasteiger partial charge in [0.2, 0.25) is 0 Å². The third-order valence-corrected chi connectivity index (χ3v) is 5.07. The molecular formula is C18H9Cl2FN2OS. The van der Waals surface area contributed by atoms with Crippen LogP contribution in [0.4, 0.5) is 4.39 Å². The smallest absolute Gasteiger partial charge is 0.188 e. The third kappa shape index (κ3) is 3.42. The fourth-order valence-electron chi connectivity index (χ4n) is 2.32. The number of benzene rings is 2. The molecule has 7 heteroatoms. The van der Waals surface area contributed by atoms with Crippen molar-refractivity contribution in [3.8, 4) is 17.3 Å². The summed E-state index contributed by atoms with van der Waals surface area (Å²) in [5, 5.41) is 11.8. The number of Topliss-reactive ketones (excluding diaryl/α,β-unsaturated/α-hetero) is 1. The van der Waals surface area contributed by atoms with Crippen LogP contribution in [-0.2, 0) is 0 Å². The van der Waals surface area contributed by atoms with Gasteiger partial charge in [-0.15, -0.1) is 11.3 Å². The molecule has 2 aromatic carbocycles. The highest BCUT2D eigenvalue weighted by molar-refractivity contribution is 7.10. The van der Waals surface area contributed by atoms with Gasteiger partial charge in [-0.2, -0.15) is 5.26 Å². The summed E-state index contributed by atoms with van der Waals surface area (Å²) in [6, 6.07) is 12.8. The number of ketones is 1. The molecular weight excluding hydrogens is 382 g/mol. The number of carbonyl (C=O) groups excluding carboxylic acids is 1. The molecule has 0 amide bonds. The summed E-state index contributed by atoms with van der Waals surface area (Å²) in [4.78, 5) is 16.9. The molecule has 3 aromatic rings. The van der Waals surface area contributed by atoms with E-state index in [1.54, 1.807) is 35.7 Å². The van der Waals surface area contributed by atoms with Crippen LogP contribution in [0.15, 0.2) is 47.8 Å². The largest absolute Gasteiger partial charge is 0.292 e. The fourth-order valence-corrected chi connectivity index (χ4v) is 3.66. The monoisotopic (exact) mass is 390 g/mol. The van der Waals surface area contributed by atoms with E-state index in [2.05, 4.69) is 4.98 Å². The molecule has 1 unspecified atom stereocenters. The molecule has 0 saturated heterocycles. The van der Waals surface area contributed by atoms with E-state index in [1.165, 1.54) is 12.1 Å². The fraction of sp³-hybridized carbons (Fsp3) is 0.0556. The number of hydrogen-bond donors (Lipinski definition) is 0. The van der Waals surface area contributed by atoms with E-state index < -0.39 is 17.5 Å². The lowest BCUT2D eigenvalue weighted by Crippen LogP contribution is -2.11. The molecule has 0 aliphatic heterocycles. The predicted molar refractivity (Wildman–Crippen MR) is 96.7 cm³/mol. The Kier molecular flexibility index (Phi) is 5.14. The topological polar surface area (TPSA) is 53.8 Å². The minimum Gasteiger partial charge on any atom is -0.292 e. The zero-order valence-corrected chi connectivity index (χ0v) is 14.9. The number of aromatic nitrogens is 1. The van der Waals surface area contributed by atoms with Crippen molar-refractivity contribution in [2.45, 2.75) is 5.92 Å². The van der Waals surface area contributed by atoms with E-state index in [0.717, 1.165) is 11.3 Å². The van der Waals surface area contributed by atoms with Crippen molar-refractivity contribution in [2.75, 3.05) is 0 Å². The first-order chi connectivity index (χ1) is 12.0. The Hall–Kier alpha value is -2.26. The maximum absolute atomic E-state index is 14.0. The van der Waals surface area contributed by atoms with E-state index in [9.17, 15) is 14.4 Å². The summed E-state index contributed by atoms with van der Waals surface area (Å²) >= 11 is 13.2. The van der Waals surface area contributed by atoms with Crippen LogP contribution in [-0.4, -0.2) is 10.8 Å². The molecule has 1 atom stereocenters. The minimum absolute atomic E-state index is 0.147. The van der Waals surface area contributed by atoms with E-state index in [0.29, 0.717) is 0 Å². The quantitative estimate of drug-likeness (QED) is 0.533. The number of nitrogens with zero attached hydrogens (tertiary/aromatic N) is 2. The Morgan fingerprint density at radius 1 is 1.16 bits per heavy atom. The van der Waals surface area contributed by atoms with Crippen molar-refractivity contribution in [3.63, 3.8) is 0 Å². The van der Waals surface area contributed by atoms with Gasteiger partial charge in [-0.1, -0.05) is 41.4 Å². The molecule has 0 spiro atoms. The second kappa shape index (κ2) is 7.32. The molecule has 1 aromatic heterocycles. The van der Waals surface area contributed by atoms with Gasteiger partial charge >= 0.3 is 0 Å². The van der Waals surface area contributed by atoms with Gasteiger partial charge in [-0.05, 0) is 24.3 Å². The van der Waals surface area contributed by atoms with Crippen LogP contribution in [0, 0.1) is 17.1 Å². The van der Waals surface area contributed by atoms with Crippen molar-refractivity contribution in [1.82, 2.24) is 4.98 Å². The zero-order valence-electron chi connectivity index (χ0n) is 12.5. The van der Waals surface area contributed by atoms with Crippen LogP contribution in [0.25, 0.3) is 11.3 Å². The average molecular weight is 391 g/mol. The second-order valence-corrected chi connectivity index (χ2v) is 6.78. The van der Waals surface area contributed by atoms with E-state index in [-0.39, 0.29) is 31.9 Å². The van der Waals surface area contributed by atoms with Gasteiger partial charge in [0.15, 0.2) is 11.7 Å². The van der Waals surface area contributed by atoms with Crippen LogP contribution >= 0.6 is 34.5 Å². The van der Waals surface area contributed by atoms with Crippen molar-refractivity contribution in [1.29, 1.82) is 5.26 Å². The van der Waals surface area contributed by atoms with Crippen LogP contribution in [0.3, 0.4) is 0 Å². The Morgan fingerprint density at radius 3 is 2.56 bits per heavy atom. The highest BCUT2D eigenvalue weighted by Gasteiger charge is 2.27. The number of carbonyl (C=O) groups is 1. The van der Waals surface area contributed by atoms with Crippen LogP contribution < -0.4 is 0 Å². The average Bonchev–Trinajstić information content (AvgIpc) is 3.05. The number of nitriles is 1. The first-order valence-electron chi connectivity index (χ1n) is 7.11. The van der Waals surface area contributed by atoms with Gasteiger partial charge in [-0.3, -0.25) is 4.79 Å². The first kappa shape index (κ1) is 17.6. The summed E-state index contributed by atoms with van der Waals surface area (Å²) in [5.74, 6) is -2.09. The van der Waals surface area contributed by atoms with Gasteiger partial charge in [0.25, 0.3) is 0 Å². The summed E-state index contributed by atoms with van der Waals surface area (Å²) in [5.41, 5.74) is 0.681. The molecule has 0 fully saturated rings. The van der Waals surface area contributed by atoms with Crippen molar-refractivity contribution >= 4 is 40.3 Å². The molecule has 3 nitrogen and oxygen atoms in total.